The van der Waals surface area contributed by atoms with Gasteiger partial charge in [-0.1, -0.05) is 129 Å². The van der Waals surface area contributed by atoms with Crippen molar-refractivity contribution in [3.63, 3.8) is 0 Å². The van der Waals surface area contributed by atoms with E-state index in [-0.39, 0.29) is 0 Å². The topological polar surface area (TPSA) is 0 Å². The second kappa shape index (κ2) is 13.2. The van der Waals surface area contributed by atoms with Crippen LogP contribution in [0.3, 0.4) is 0 Å². The fourth-order valence-electron chi connectivity index (χ4n) is 5.70. The van der Waals surface area contributed by atoms with Crippen LogP contribution in [0.4, 0.5) is 0 Å². The van der Waals surface area contributed by atoms with Crippen LogP contribution in [0.2, 0.25) is 0 Å². The van der Waals surface area contributed by atoms with Crippen LogP contribution in [0.25, 0.3) is 0 Å². The van der Waals surface area contributed by atoms with Crippen LogP contribution in [0, 0.1) is 23.7 Å². The quantitative estimate of drug-likeness (QED) is 0.309. The van der Waals surface area contributed by atoms with E-state index >= 15 is 0 Å². The lowest BCUT2D eigenvalue weighted by Crippen LogP contribution is -2.21. The second-order valence-corrected chi connectivity index (χ2v) is 9.71. The molecule has 148 valence electrons. The highest BCUT2D eigenvalue weighted by Gasteiger charge is 2.26. The van der Waals surface area contributed by atoms with Crippen molar-refractivity contribution < 1.29 is 0 Å². The van der Waals surface area contributed by atoms with Gasteiger partial charge >= 0.3 is 0 Å². The Bertz CT molecular complexity index is 291. The van der Waals surface area contributed by atoms with Crippen LogP contribution >= 0.6 is 0 Å². The van der Waals surface area contributed by atoms with E-state index in [0.29, 0.717) is 0 Å². The third-order valence-corrected chi connectivity index (χ3v) is 7.53. The van der Waals surface area contributed by atoms with Crippen molar-refractivity contribution in [2.24, 2.45) is 23.7 Å². The summed E-state index contributed by atoms with van der Waals surface area (Å²) in [6, 6.07) is 0. The summed E-state index contributed by atoms with van der Waals surface area (Å²) in [6.45, 7) is 4.65. The first-order valence-electron chi connectivity index (χ1n) is 12.3. The van der Waals surface area contributed by atoms with Gasteiger partial charge in [0.25, 0.3) is 0 Å². The van der Waals surface area contributed by atoms with Gasteiger partial charge in [-0.05, 0) is 30.1 Å². The monoisotopic (exact) mass is 348 g/mol. The minimum absolute atomic E-state index is 1.09. The van der Waals surface area contributed by atoms with Gasteiger partial charge in [-0.15, -0.1) is 0 Å². The van der Waals surface area contributed by atoms with E-state index in [4.69, 9.17) is 0 Å². The van der Waals surface area contributed by atoms with Crippen molar-refractivity contribution >= 4 is 0 Å². The minimum Gasteiger partial charge on any atom is -0.0654 e. The maximum absolute atomic E-state index is 2.33. The Kier molecular flexibility index (Phi) is 11.3. The highest BCUT2D eigenvalue weighted by Crippen LogP contribution is 2.40. The first-order valence-corrected chi connectivity index (χ1v) is 12.3. The van der Waals surface area contributed by atoms with E-state index in [1.54, 1.807) is 64.2 Å². The Morgan fingerprint density at radius 2 is 0.800 bits per heavy atom. The molecule has 0 heterocycles. The second-order valence-electron chi connectivity index (χ2n) is 9.71. The molecule has 2 aliphatic rings. The minimum atomic E-state index is 1.09. The van der Waals surface area contributed by atoms with E-state index in [9.17, 15) is 0 Å². The van der Waals surface area contributed by atoms with Crippen LogP contribution in [0.5, 0.6) is 0 Å². The summed E-state index contributed by atoms with van der Waals surface area (Å²) in [5, 5.41) is 0. The summed E-state index contributed by atoms with van der Waals surface area (Å²) < 4.78 is 0. The van der Waals surface area contributed by atoms with Crippen LogP contribution in [-0.4, -0.2) is 0 Å². The van der Waals surface area contributed by atoms with E-state index in [1.807, 2.05) is 0 Å². The summed E-state index contributed by atoms with van der Waals surface area (Å²) >= 11 is 0. The molecule has 0 radical (unpaired) electrons. The summed E-state index contributed by atoms with van der Waals surface area (Å²) in [4.78, 5) is 0. The molecule has 0 saturated heterocycles. The first kappa shape index (κ1) is 21.3. The molecule has 2 aliphatic carbocycles. The molecule has 0 amide bonds. The van der Waals surface area contributed by atoms with E-state index in [1.165, 1.54) is 57.8 Å². The van der Waals surface area contributed by atoms with Gasteiger partial charge in [0, 0.05) is 0 Å². The number of rotatable bonds is 12. The van der Waals surface area contributed by atoms with Crippen molar-refractivity contribution in [2.75, 3.05) is 0 Å². The molecule has 0 unspecified atom stereocenters. The zero-order valence-electron chi connectivity index (χ0n) is 17.7. The molecule has 25 heavy (non-hydrogen) atoms. The van der Waals surface area contributed by atoms with Gasteiger partial charge in [0.15, 0.2) is 0 Å². The molecule has 0 nitrogen and oxygen atoms in total. The molecule has 2 rings (SSSR count). The molecule has 0 aliphatic heterocycles. The lowest BCUT2D eigenvalue weighted by molar-refractivity contribution is 0.183. The van der Waals surface area contributed by atoms with Gasteiger partial charge in [0.05, 0.1) is 0 Å². The van der Waals surface area contributed by atoms with Crippen molar-refractivity contribution in [2.45, 2.75) is 136 Å². The normalized spacial score (nSPS) is 30.5. The highest BCUT2D eigenvalue weighted by atomic mass is 14.3. The Morgan fingerprint density at radius 3 is 1.28 bits per heavy atom. The third-order valence-electron chi connectivity index (χ3n) is 7.53. The molecule has 2 fully saturated rings. The van der Waals surface area contributed by atoms with Gasteiger partial charge in [-0.2, -0.15) is 0 Å². The van der Waals surface area contributed by atoms with Crippen molar-refractivity contribution in [1.29, 1.82) is 0 Å². The lowest BCUT2D eigenvalue weighted by atomic mass is 9.72. The fraction of sp³-hybridized carbons (Fsp3) is 1.00. The Balaban J connectivity index is 1.49. The molecule has 0 N–H and O–H groups in total. The van der Waals surface area contributed by atoms with Crippen molar-refractivity contribution in [3.05, 3.63) is 0 Å². The van der Waals surface area contributed by atoms with E-state index in [0.717, 1.165) is 23.7 Å². The maximum atomic E-state index is 2.33. The summed E-state index contributed by atoms with van der Waals surface area (Å²) in [5.74, 6) is 4.37. The largest absolute Gasteiger partial charge is 0.0654 e. The molecule has 0 atom stereocenters. The highest BCUT2D eigenvalue weighted by molar-refractivity contribution is 4.79. The van der Waals surface area contributed by atoms with Gasteiger partial charge in [-0.3, -0.25) is 0 Å². The molecule has 0 aromatic carbocycles. The smallest absolute Gasteiger partial charge is 0.0411 e. The molecular formula is C25H48. The maximum Gasteiger partial charge on any atom is -0.0411 e. The lowest BCUT2D eigenvalue weighted by Gasteiger charge is -2.34. The molecule has 2 saturated carbocycles. The Morgan fingerprint density at radius 1 is 0.440 bits per heavy atom. The van der Waals surface area contributed by atoms with Crippen LogP contribution < -0.4 is 0 Å². The van der Waals surface area contributed by atoms with Gasteiger partial charge < -0.3 is 0 Å². The van der Waals surface area contributed by atoms with Crippen LogP contribution in [-0.2, 0) is 0 Å². The molecule has 0 heteroatoms. The Labute approximate surface area is 159 Å². The fourth-order valence-corrected chi connectivity index (χ4v) is 5.70. The molecule has 0 bridgehead atoms. The molecular weight excluding hydrogens is 300 g/mol. The standard InChI is InChI=1S/C25H48/c1-3-5-7-8-10-12-23-15-19-25(20-16-23)21-24-17-13-22(14-18-24)11-9-6-4-2/h22-25H,3-21H2,1-2H3/t22?,23-,24?,25-. The van der Waals surface area contributed by atoms with Crippen molar-refractivity contribution in [1.82, 2.24) is 0 Å². The van der Waals surface area contributed by atoms with E-state index < -0.39 is 0 Å². The number of hydrogen-bond acceptors (Lipinski definition) is 0. The summed E-state index contributed by atoms with van der Waals surface area (Å²) in [7, 11) is 0. The predicted molar refractivity (Wildman–Crippen MR) is 113 cm³/mol. The predicted octanol–water partition coefficient (Wildman–Crippen LogP) is 8.93. The van der Waals surface area contributed by atoms with Gasteiger partial charge in [-0.25, -0.2) is 0 Å². The van der Waals surface area contributed by atoms with Crippen LogP contribution in [0.15, 0.2) is 0 Å². The number of hydrogen-bond donors (Lipinski definition) is 0. The summed E-state index contributed by atoms with van der Waals surface area (Å²) in [5.41, 5.74) is 0. The zero-order valence-corrected chi connectivity index (χ0v) is 17.7. The SMILES string of the molecule is CCCCCCC[C@H]1CC[C@H](CC2CCC(CCCCC)CC2)CC1. The van der Waals surface area contributed by atoms with Crippen LogP contribution in [0.1, 0.15) is 136 Å². The zero-order chi connectivity index (χ0) is 17.7. The third kappa shape index (κ3) is 8.96. The number of unbranched alkanes of at least 4 members (excludes halogenated alkanes) is 6. The molecule has 0 aromatic heterocycles. The molecule has 0 spiro atoms. The molecule has 0 aromatic rings. The average Bonchev–Trinajstić information content (AvgIpc) is 2.64. The van der Waals surface area contributed by atoms with Gasteiger partial charge in [0.2, 0.25) is 0 Å². The average molecular weight is 349 g/mol. The van der Waals surface area contributed by atoms with Crippen molar-refractivity contribution in [3.8, 4) is 0 Å². The summed E-state index contributed by atoms with van der Waals surface area (Å²) in [6.07, 6.45) is 28.8. The first-order chi connectivity index (χ1) is 12.3. The Hall–Kier alpha value is 0. The van der Waals surface area contributed by atoms with E-state index in [2.05, 4.69) is 13.8 Å². The van der Waals surface area contributed by atoms with Gasteiger partial charge in [0.1, 0.15) is 0 Å².